The normalized spacial score (nSPS) is 13.1. The van der Waals surface area contributed by atoms with Gasteiger partial charge in [0.1, 0.15) is 0 Å². The van der Waals surface area contributed by atoms with Crippen molar-refractivity contribution >= 4 is 76.6 Å². The lowest BCUT2D eigenvalue weighted by Gasteiger charge is -2.20. The molecule has 3 aromatic heterocycles. The Morgan fingerprint density at radius 3 is 1.95 bits per heavy atom. The number of para-hydroxylation sites is 3. The van der Waals surface area contributed by atoms with Gasteiger partial charge >= 0.3 is 0 Å². The Morgan fingerprint density at radius 1 is 0.411 bits per heavy atom. The first-order chi connectivity index (χ1) is 27.8. The Labute approximate surface area is 322 Å². The Balaban J connectivity index is 1.19. The van der Waals surface area contributed by atoms with Crippen molar-refractivity contribution in [2.24, 2.45) is 0 Å². The number of benzene rings is 8. The molecular weight excluding hydrogens is 681 g/mol. The van der Waals surface area contributed by atoms with Crippen molar-refractivity contribution in [3.05, 3.63) is 198 Å². The summed E-state index contributed by atoms with van der Waals surface area (Å²) in [5, 5.41) is 11.1. The van der Waals surface area contributed by atoms with Gasteiger partial charge in [-0.3, -0.25) is 0 Å². The molecule has 0 saturated heterocycles. The number of aromatic nitrogens is 4. The lowest BCUT2D eigenvalue weighted by atomic mass is 9.95. The van der Waals surface area contributed by atoms with E-state index in [4.69, 9.17) is 9.97 Å². The Bertz CT molecular complexity index is 3520. The summed E-state index contributed by atoms with van der Waals surface area (Å²) >= 11 is 0. The summed E-state index contributed by atoms with van der Waals surface area (Å²) in [4.78, 5) is 10.5. The zero-order chi connectivity index (χ0) is 36.7. The van der Waals surface area contributed by atoms with E-state index in [1.807, 2.05) is 0 Å². The van der Waals surface area contributed by atoms with Gasteiger partial charge in [0.25, 0.3) is 0 Å². The summed E-state index contributed by atoms with van der Waals surface area (Å²) in [6.07, 6.45) is 1.67. The SMILES string of the molecule is c1ccc(-c2nc(C3=c4ccccc4=C(n4c5ccccc5c5cc6c7c8ccccc8ccc7n(-c7ccccc7)c6cc54)CC3)nc3ccccc23)cc1. The highest BCUT2D eigenvalue weighted by atomic mass is 15.0. The molecule has 0 amide bonds. The highest BCUT2D eigenvalue weighted by Gasteiger charge is 2.23. The van der Waals surface area contributed by atoms with E-state index in [9.17, 15) is 0 Å². The quantitative estimate of drug-likeness (QED) is 0.182. The van der Waals surface area contributed by atoms with Crippen molar-refractivity contribution in [1.82, 2.24) is 19.1 Å². The minimum absolute atomic E-state index is 0.803. The summed E-state index contributed by atoms with van der Waals surface area (Å²) in [7, 11) is 0. The lowest BCUT2D eigenvalue weighted by molar-refractivity contribution is 0.948. The van der Waals surface area contributed by atoms with Crippen LogP contribution in [0.25, 0.3) is 93.5 Å². The topological polar surface area (TPSA) is 35.6 Å². The molecule has 0 unspecified atom stereocenters. The second-order valence-electron chi connectivity index (χ2n) is 14.8. The fourth-order valence-electron chi connectivity index (χ4n) is 9.40. The van der Waals surface area contributed by atoms with Crippen LogP contribution >= 0.6 is 0 Å². The maximum atomic E-state index is 5.33. The number of nitrogens with zero attached hydrogens (tertiary/aromatic N) is 4. The van der Waals surface area contributed by atoms with Crippen molar-refractivity contribution in [2.45, 2.75) is 12.8 Å². The molecule has 0 radical (unpaired) electrons. The van der Waals surface area contributed by atoms with Crippen molar-refractivity contribution in [3.8, 4) is 16.9 Å². The van der Waals surface area contributed by atoms with Crippen LogP contribution in [0.4, 0.5) is 0 Å². The van der Waals surface area contributed by atoms with Crippen molar-refractivity contribution in [2.75, 3.05) is 0 Å². The second kappa shape index (κ2) is 12.1. The van der Waals surface area contributed by atoms with Crippen molar-refractivity contribution < 1.29 is 0 Å². The molecule has 3 heterocycles. The van der Waals surface area contributed by atoms with Crippen LogP contribution in [0.15, 0.2) is 182 Å². The molecule has 0 saturated carbocycles. The number of fused-ring (bicyclic) bond motifs is 10. The average molecular weight is 715 g/mol. The van der Waals surface area contributed by atoms with Gasteiger partial charge in [0.2, 0.25) is 0 Å². The first-order valence-corrected chi connectivity index (χ1v) is 19.4. The van der Waals surface area contributed by atoms with Gasteiger partial charge in [-0.1, -0.05) is 140 Å². The van der Waals surface area contributed by atoms with E-state index < -0.39 is 0 Å². The molecule has 0 bridgehead atoms. The van der Waals surface area contributed by atoms with E-state index >= 15 is 0 Å². The van der Waals surface area contributed by atoms with Gasteiger partial charge in [-0.2, -0.15) is 0 Å². The smallest absolute Gasteiger partial charge is 0.157 e. The molecule has 0 spiro atoms. The number of hydrogen-bond donors (Lipinski definition) is 0. The summed E-state index contributed by atoms with van der Waals surface area (Å²) in [5.74, 6) is 0.803. The van der Waals surface area contributed by atoms with Gasteiger partial charge in [0.05, 0.1) is 33.3 Å². The van der Waals surface area contributed by atoms with E-state index in [2.05, 4.69) is 191 Å². The Kier molecular flexibility index (Phi) is 6.72. The van der Waals surface area contributed by atoms with E-state index in [1.165, 1.54) is 76.1 Å². The van der Waals surface area contributed by atoms with Gasteiger partial charge in [-0.15, -0.1) is 0 Å². The van der Waals surface area contributed by atoms with Gasteiger partial charge in [0, 0.05) is 54.7 Å². The van der Waals surface area contributed by atoms with E-state index in [-0.39, 0.29) is 0 Å². The van der Waals surface area contributed by atoms with E-state index in [0.717, 1.165) is 46.5 Å². The van der Waals surface area contributed by atoms with Crippen LogP contribution in [0.5, 0.6) is 0 Å². The first kappa shape index (κ1) is 31.1. The summed E-state index contributed by atoms with van der Waals surface area (Å²) < 4.78 is 4.99. The molecule has 0 atom stereocenters. The zero-order valence-electron chi connectivity index (χ0n) is 30.5. The van der Waals surface area contributed by atoms with Crippen LogP contribution in [0, 0.1) is 0 Å². The van der Waals surface area contributed by atoms with Crippen LogP contribution in [0.2, 0.25) is 0 Å². The Morgan fingerprint density at radius 2 is 1.09 bits per heavy atom. The highest BCUT2D eigenvalue weighted by Crippen LogP contribution is 2.42. The molecule has 0 aliphatic heterocycles. The summed E-state index contributed by atoms with van der Waals surface area (Å²) in [6.45, 7) is 0. The molecule has 0 fully saturated rings. The third kappa shape index (κ3) is 4.53. The van der Waals surface area contributed by atoms with E-state index in [1.54, 1.807) is 0 Å². The van der Waals surface area contributed by atoms with E-state index in [0.29, 0.717) is 0 Å². The van der Waals surface area contributed by atoms with Gasteiger partial charge in [0.15, 0.2) is 5.82 Å². The zero-order valence-corrected chi connectivity index (χ0v) is 30.5. The molecule has 8 aromatic carbocycles. The minimum atomic E-state index is 0.803. The predicted octanol–water partition coefficient (Wildman–Crippen LogP) is 11.3. The summed E-state index contributed by atoms with van der Waals surface area (Å²) in [5.41, 5.74) is 11.5. The number of rotatable bonds is 4. The fourth-order valence-corrected chi connectivity index (χ4v) is 9.40. The second-order valence-corrected chi connectivity index (χ2v) is 14.8. The van der Waals surface area contributed by atoms with Crippen LogP contribution in [0.1, 0.15) is 18.7 Å². The van der Waals surface area contributed by atoms with Crippen LogP contribution in [-0.2, 0) is 0 Å². The molecule has 1 aliphatic rings. The molecule has 12 rings (SSSR count). The highest BCUT2D eigenvalue weighted by molar-refractivity contribution is 6.25. The maximum Gasteiger partial charge on any atom is 0.157 e. The molecule has 1 aliphatic carbocycles. The molecule has 4 heteroatoms. The maximum absolute atomic E-state index is 5.33. The van der Waals surface area contributed by atoms with Crippen molar-refractivity contribution in [3.63, 3.8) is 0 Å². The molecule has 0 N–H and O–H groups in total. The molecule has 4 nitrogen and oxygen atoms in total. The number of hydrogen-bond acceptors (Lipinski definition) is 2. The Hall–Kier alpha value is -7.30. The third-order valence-electron chi connectivity index (χ3n) is 11.8. The minimum Gasteiger partial charge on any atom is -0.312 e. The van der Waals surface area contributed by atoms with Crippen LogP contribution in [0.3, 0.4) is 0 Å². The standard InChI is InChI=1S/C52H34N4/c1-3-16-34(17-4-1)51-41-24-11-13-25-44(41)53-52(54-51)40-28-30-46(38-22-10-9-21-37(38)40)56-45-26-14-12-23-39(45)42-31-43-49(32-48(42)56)55(35-18-5-2-6-19-35)47-29-27-33-15-7-8-20-36(33)50(43)47/h1-27,29,31-32H,28,30H2. The largest absolute Gasteiger partial charge is 0.312 e. The van der Waals surface area contributed by atoms with Gasteiger partial charge < -0.3 is 9.13 Å². The molecule has 262 valence electrons. The van der Waals surface area contributed by atoms with Crippen LogP contribution in [-0.4, -0.2) is 19.1 Å². The third-order valence-corrected chi connectivity index (χ3v) is 11.8. The van der Waals surface area contributed by atoms with Crippen molar-refractivity contribution in [1.29, 1.82) is 0 Å². The molecule has 11 aromatic rings. The average Bonchev–Trinajstić information content (AvgIpc) is 3.77. The van der Waals surface area contributed by atoms with Gasteiger partial charge in [-0.25, -0.2) is 9.97 Å². The first-order valence-electron chi connectivity index (χ1n) is 19.4. The lowest BCUT2D eigenvalue weighted by Crippen LogP contribution is -2.34. The predicted molar refractivity (Wildman–Crippen MR) is 233 cm³/mol. The van der Waals surface area contributed by atoms with Crippen LogP contribution < -0.4 is 10.4 Å². The summed E-state index contributed by atoms with van der Waals surface area (Å²) in [6, 6.07) is 65.7. The molecule has 56 heavy (non-hydrogen) atoms. The monoisotopic (exact) mass is 714 g/mol. The fraction of sp³-hybridized carbons (Fsp3) is 0.0385. The van der Waals surface area contributed by atoms with Gasteiger partial charge in [-0.05, 0) is 71.3 Å². The molecular formula is C52H34N4.